The Bertz CT molecular complexity index is 320. The second-order valence-corrected chi connectivity index (χ2v) is 4.53. The molecule has 0 radical (unpaired) electrons. The number of aromatic nitrogens is 3. The average Bonchev–Trinajstić information content (AvgIpc) is 2.83. The summed E-state index contributed by atoms with van der Waals surface area (Å²) in [6.07, 6.45) is 5.53. The zero-order chi connectivity index (χ0) is 11.9. The molecule has 1 aliphatic rings. The normalized spacial score (nSPS) is 17.5. The molecule has 0 bridgehead atoms. The van der Waals surface area contributed by atoms with Gasteiger partial charge in [-0.1, -0.05) is 18.6 Å². The highest BCUT2D eigenvalue weighted by Crippen LogP contribution is 2.01. The largest absolute Gasteiger partial charge is 0.379 e. The first-order valence-electron chi connectivity index (χ1n) is 6.57. The molecule has 5 heteroatoms. The van der Waals surface area contributed by atoms with Crippen LogP contribution in [0, 0.1) is 0 Å². The van der Waals surface area contributed by atoms with Crippen LogP contribution in [0.15, 0.2) is 6.20 Å². The fourth-order valence-corrected chi connectivity index (χ4v) is 1.99. The number of hydrogen-bond acceptors (Lipinski definition) is 4. The minimum Gasteiger partial charge on any atom is -0.379 e. The molecule has 17 heavy (non-hydrogen) atoms. The zero-order valence-electron chi connectivity index (χ0n) is 10.6. The molecule has 5 nitrogen and oxygen atoms in total. The summed E-state index contributed by atoms with van der Waals surface area (Å²) in [5.41, 5.74) is 1.12. The third-order valence-corrected chi connectivity index (χ3v) is 3.12. The van der Waals surface area contributed by atoms with E-state index < -0.39 is 0 Å². The van der Waals surface area contributed by atoms with Gasteiger partial charge in [-0.05, 0) is 12.8 Å². The first-order chi connectivity index (χ1) is 8.38. The van der Waals surface area contributed by atoms with Crippen molar-refractivity contribution in [1.29, 1.82) is 0 Å². The van der Waals surface area contributed by atoms with E-state index in [4.69, 9.17) is 4.74 Å². The minimum absolute atomic E-state index is 0.860. The Morgan fingerprint density at radius 3 is 2.88 bits per heavy atom. The van der Waals surface area contributed by atoms with E-state index in [9.17, 15) is 0 Å². The van der Waals surface area contributed by atoms with Crippen LogP contribution in [0.3, 0.4) is 0 Å². The molecule has 0 saturated carbocycles. The predicted octanol–water partition coefficient (Wildman–Crippen LogP) is 0.953. The van der Waals surface area contributed by atoms with E-state index in [2.05, 4.69) is 28.3 Å². The Kier molecular flexibility index (Phi) is 4.94. The van der Waals surface area contributed by atoms with Gasteiger partial charge in [0.2, 0.25) is 0 Å². The van der Waals surface area contributed by atoms with Gasteiger partial charge in [0.15, 0.2) is 0 Å². The lowest BCUT2D eigenvalue weighted by atomic mass is 10.2. The van der Waals surface area contributed by atoms with E-state index >= 15 is 0 Å². The smallest absolute Gasteiger partial charge is 0.0827 e. The quantitative estimate of drug-likeness (QED) is 0.740. The van der Waals surface area contributed by atoms with Gasteiger partial charge < -0.3 is 4.74 Å². The molecule has 1 aromatic rings. The van der Waals surface area contributed by atoms with Crippen LogP contribution < -0.4 is 0 Å². The van der Waals surface area contributed by atoms with Gasteiger partial charge in [-0.3, -0.25) is 9.58 Å². The van der Waals surface area contributed by atoms with Gasteiger partial charge in [-0.15, -0.1) is 5.10 Å². The van der Waals surface area contributed by atoms with Crippen molar-refractivity contribution in [1.82, 2.24) is 19.9 Å². The Morgan fingerprint density at radius 1 is 1.29 bits per heavy atom. The maximum atomic E-state index is 5.32. The molecule has 1 fully saturated rings. The first kappa shape index (κ1) is 12.5. The number of morpholine rings is 1. The third-order valence-electron chi connectivity index (χ3n) is 3.12. The molecule has 1 aromatic heterocycles. The average molecular weight is 238 g/mol. The summed E-state index contributed by atoms with van der Waals surface area (Å²) < 4.78 is 7.28. The summed E-state index contributed by atoms with van der Waals surface area (Å²) in [5, 5.41) is 8.35. The highest BCUT2D eigenvalue weighted by Gasteiger charge is 2.10. The van der Waals surface area contributed by atoms with E-state index in [0.29, 0.717) is 0 Å². The maximum absolute atomic E-state index is 5.32. The molecular weight excluding hydrogens is 216 g/mol. The van der Waals surface area contributed by atoms with Crippen molar-refractivity contribution in [2.75, 3.05) is 32.8 Å². The zero-order valence-corrected chi connectivity index (χ0v) is 10.6. The molecular formula is C12H22N4O. The Labute approximate surface area is 103 Å². The summed E-state index contributed by atoms with van der Waals surface area (Å²) in [6.45, 7) is 7.97. The molecule has 0 unspecified atom stereocenters. The lowest BCUT2D eigenvalue weighted by Gasteiger charge is -2.26. The lowest BCUT2D eigenvalue weighted by Crippen LogP contribution is -2.38. The summed E-state index contributed by atoms with van der Waals surface area (Å²) in [6, 6.07) is 0. The fraction of sp³-hybridized carbons (Fsp3) is 0.833. The molecule has 0 aromatic carbocycles. The topological polar surface area (TPSA) is 43.2 Å². The Balaban J connectivity index is 1.72. The van der Waals surface area contributed by atoms with Crippen molar-refractivity contribution < 1.29 is 4.74 Å². The van der Waals surface area contributed by atoms with Gasteiger partial charge in [0.1, 0.15) is 0 Å². The Hall–Kier alpha value is -0.940. The van der Waals surface area contributed by atoms with Crippen molar-refractivity contribution in [2.45, 2.75) is 32.7 Å². The van der Waals surface area contributed by atoms with Crippen LogP contribution in [0.1, 0.15) is 25.5 Å². The highest BCUT2D eigenvalue weighted by atomic mass is 16.5. The fourth-order valence-electron chi connectivity index (χ4n) is 1.99. The minimum atomic E-state index is 0.860. The van der Waals surface area contributed by atoms with Gasteiger partial charge in [0, 0.05) is 25.8 Å². The van der Waals surface area contributed by atoms with Crippen molar-refractivity contribution in [3.8, 4) is 0 Å². The van der Waals surface area contributed by atoms with E-state index in [1.807, 2.05) is 4.68 Å². The molecule has 96 valence electrons. The Morgan fingerprint density at radius 2 is 2.12 bits per heavy atom. The number of aryl methyl sites for hydroxylation is 1. The van der Waals surface area contributed by atoms with Crippen molar-refractivity contribution in [3.63, 3.8) is 0 Å². The van der Waals surface area contributed by atoms with Crippen LogP contribution in [0.2, 0.25) is 0 Å². The summed E-state index contributed by atoms with van der Waals surface area (Å²) in [7, 11) is 0. The van der Waals surface area contributed by atoms with E-state index in [1.165, 1.54) is 12.8 Å². The molecule has 0 N–H and O–H groups in total. The number of ether oxygens (including phenoxy) is 1. The van der Waals surface area contributed by atoms with Crippen LogP contribution in [0.25, 0.3) is 0 Å². The van der Waals surface area contributed by atoms with Crippen LogP contribution in [0.5, 0.6) is 0 Å². The van der Waals surface area contributed by atoms with E-state index in [1.54, 1.807) is 0 Å². The highest BCUT2D eigenvalue weighted by molar-refractivity contribution is 4.92. The molecule has 2 rings (SSSR count). The predicted molar refractivity (Wildman–Crippen MR) is 65.9 cm³/mol. The van der Waals surface area contributed by atoms with Crippen molar-refractivity contribution in [3.05, 3.63) is 11.9 Å². The van der Waals surface area contributed by atoms with Crippen LogP contribution in [-0.4, -0.2) is 52.7 Å². The monoisotopic (exact) mass is 238 g/mol. The maximum Gasteiger partial charge on any atom is 0.0827 e. The van der Waals surface area contributed by atoms with Crippen LogP contribution in [0.4, 0.5) is 0 Å². The van der Waals surface area contributed by atoms with Gasteiger partial charge in [0.05, 0.1) is 25.5 Å². The molecule has 0 aliphatic carbocycles. The van der Waals surface area contributed by atoms with Gasteiger partial charge in [-0.25, -0.2) is 0 Å². The van der Waals surface area contributed by atoms with Gasteiger partial charge in [0.25, 0.3) is 0 Å². The van der Waals surface area contributed by atoms with E-state index in [0.717, 1.165) is 51.5 Å². The summed E-state index contributed by atoms with van der Waals surface area (Å²) in [5.74, 6) is 0. The van der Waals surface area contributed by atoms with Gasteiger partial charge in [-0.2, -0.15) is 0 Å². The number of nitrogens with zero attached hydrogens (tertiary/aromatic N) is 4. The van der Waals surface area contributed by atoms with Crippen LogP contribution >= 0.6 is 0 Å². The first-order valence-corrected chi connectivity index (χ1v) is 6.57. The van der Waals surface area contributed by atoms with Crippen molar-refractivity contribution in [2.24, 2.45) is 0 Å². The third kappa shape index (κ3) is 4.09. The molecule has 1 aliphatic heterocycles. The molecule has 0 atom stereocenters. The lowest BCUT2D eigenvalue weighted by molar-refractivity contribution is 0.0359. The second-order valence-electron chi connectivity index (χ2n) is 4.53. The molecule has 2 heterocycles. The standard InChI is InChI=1S/C12H22N4O/c1-2-3-4-12-11-16(14-13-12)6-5-15-7-9-17-10-8-15/h11H,2-10H2,1H3. The summed E-state index contributed by atoms with van der Waals surface area (Å²) >= 11 is 0. The van der Waals surface area contributed by atoms with Gasteiger partial charge >= 0.3 is 0 Å². The summed E-state index contributed by atoms with van der Waals surface area (Å²) in [4.78, 5) is 2.41. The number of hydrogen-bond donors (Lipinski definition) is 0. The molecule has 0 amide bonds. The molecule has 1 saturated heterocycles. The van der Waals surface area contributed by atoms with Crippen LogP contribution in [-0.2, 0) is 17.7 Å². The SMILES string of the molecule is CCCCc1cn(CCN2CCOCC2)nn1. The second kappa shape index (κ2) is 6.71. The van der Waals surface area contributed by atoms with E-state index in [-0.39, 0.29) is 0 Å². The number of rotatable bonds is 6. The van der Waals surface area contributed by atoms with Crippen molar-refractivity contribution >= 4 is 0 Å². The number of unbranched alkanes of at least 4 members (excludes halogenated alkanes) is 1. The molecule has 0 spiro atoms.